The monoisotopic (exact) mass is 428 g/mol. The number of ether oxygens (including phenoxy) is 1. The van der Waals surface area contributed by atoms with Crippen LogP contribution in [0.3, 0.4) is 0 Å². The van der Waals surface area contributed by atoms with Gasteiger partial charge in [-0.1, -0.05) is 60.1 Å². The van der Waals surface area contributed by atoms with E-state index in [0.717, 1.165) is 16.3 Å². The molecule has 1 aromatic heterocycles. The Hall–Kier alpha value is -3.83. The van der Waals surface area contributed by atoms with Gasteiger partial charge in [-0.3, -0.25) is 4.79 Å². The highest BCUT2D eigenvalue weighted by molar-refractivity contribution is 6.33. The van der Waals surface area contributed by atoms with Crippen molar-refractivity contribution >= 4 is 33.3 Å². The Morgan fingerprint density at radius 2 is 1.65 bits per heavy atom. The number of aromatic nitrogens is 2. The van der Waals surface area contributed by atoms with Gasteiger partial charge in [0.1, 0.15) is 5.75 Å². The van der Waals surface area contributed by atoms with Crippen molar-refractivity contribution in [3.05, 3.63) is 105 Å². The molecule has 0 atom stereocenters. The molecule has 1 N–H and O–H groups in total. The van der Waals surface area contributed by atoms with Gasteiger partial charge in [0.25, 0.3) is 5.56 Å². The number of nitrogens with one attached hydrogen (secondary N) is 1. The fourth-order valence-corrected chi connectivity index (χ4v) is 4.23. The summed E-state index contributed by atoms with van der Waals surface area (Å²) >= 11 is 6.40. The second-order valence-corrected chi connectivity index (χ2v) is 7.55. The topological polar surface area (TPSA) is 64.1 Å². The predicted octanol–water partition coefficient (Wildman–Crippen LogP) is 5.16. The normalized spacial score (nSPS) is 11.2. The minimum Gasteiger partial charge on any atom is -0.496 e. The lowest BCUT2D eigenvalue weighted by Gasteiger charge is -2.12. The summed E-state index contributed by atoms with van der Waals surface area (Å²) in [5.74, 6) is 0.610. The average molecular weight is 429 g/mol. The predicted molar refractivity (Wildman–Crippen MR) is 125 cm³/mol. The van der Waals surface area contributed by atoms with Gasteiger partial charge in [-0.25, -0.2) is 9.36 Å². The van der Waals surface area contributed by atoms with E-state index in [1.807, 2.05) is 42.5 Å². The van der Waals surface area contributed by atoms with E-state index in [-0.39, 0.29) is 5.56 Å². The maximum absolute atomic E-state index is 13.3. The zero-order chi connectivity index (χ0) is 21.5. The summed E-state index contributed by atoms with van der Waals surface area (Å²) in [5.41, 5.74) is 1.54. The van der Waals surface area contributed by atoms with E-state index >= 15 is 0 Å². The average Bonchev–Trinajstić information content (AvgIpc) is 2.78. The van der Waals surface area contributed by atoms with Gasteiger partial charge in [-0.05, 0) is 41.3 Å². The molecule has 0 aliphatic rings. The first-order chi connectivity index (χ1) is 15.1. The molecule has 0 saturated heterocycles. The molecular weight excluding hydrogens is 412 g/mol. The SMILES string of the molecule is COc1cccc(Cl)c1-c1ccc2c(=O)n(-c3cccc4ccccc34)c(=O)[nH]c2c1. The molecule has 5 aromatic rings. The standard InChI is InChI=1S/C25H17ClN2O3/c1-31-22-11-5-9-19(26)23(22)16-12-13-18-20(14-16)27-25(30)28(24(18)29)21-10-4-7-15-6-2-3-8-17(15)21/h2-14H,1H3,(H,27,30). The van der Waals surface area contributed by atoms with Gasteiger partial charge in [0.05, 0.1) is 28.7 Å². The van der Waals surface area contributed by atoms with Crippen molar-refractivity contribution < 1.29 is 4.74 Å². The van der Waals surface area contributed by atoms with Crippen LogP contribution < -0.4 is 16.0 Å². The third-order valence-corrected chi connectivity index (χ3v) is 5.70. The van der Waals surface area contributed by atoms with E-state index in [9.17, 15) is 9.59 Å². The largest absolute Gasteiger partial charge is 0.496 e. The second kappa shape index (κ2) is 7.45. The molecule has 1 heterocycles. The van der Waals surface area contributed by atoms with Gasteiger partial charge in [-0.15, -0.1) is 0 Å². The molecule has 6 heteroatoms. The summed E-state index contributed by atoms with van der Waals surface area (Å²) in [6, 6.07) is 23.8. The summed E-state index contributed by atoms with van der Waals surface area (Å²) in [4.78, 5) is 29.2. The second-order valence-electron chi connectivity index (χ2n) is 7.15. The van der Waals surface area contributed by atoms with Crippen molar-refractivity contribution in [2.24, 2.45) is 0 Å². The number of fused-ring (bicyclic) bond motifs is 2. The highest BCUT2D eigenvalue weighted by Gasteiger charge is 2.15. The molecule has 0 spiro atoms. The third kappa shape index (κ3) is 3.10. The number of halogens is 1. The van der Waals surface area contributed by atoms with Crippen LogP contribution in [0.2, 0.25) is 5.02 Å². The zero-order valence-electron chi connectivity index (χ0n) is 16.6. The Labute approximate surface area is 182 Å². The van der Waals surface area contributed by atoms with E-state index in [1.165, 1.54) is 4.57 Å². The smallest absolute Gasteiger partial charge is 0.333 e. The summed E-state index contributed by atoms with van der Waals surface area (Å²) in [5, 5.41) is 2.70. The summed E-state index contributed by atoms with van der Waals surface area (Å²) in [6.07, 6.45) is 0. The lowest BCUT2D eigenvalue weighted by atomic mass is 10.0. The summed E-state index contributed by atoms with van der Waals surface area (Å²) in [6.45, 7) is 0. The molecule has 0 bridgehead atoms. The number of methoxy groups -OCH3 is 1. The quantitative estimate of drug-likeness (QED) is 0.431. The first-order valence-electron chi connectivity index (χ1n) is 9.68. The van der Waals surface area contributed by atoms with E-state index in [4.69, 9.17) is 16.3 Å². The molecule has 0 radical (unpaired) electrons. The van der Waals surface area contributed by atoms with Crippen LogP contribution in [-0.2, 0) is 0 Å². The maximum Gasteiger partial charge on any atom is 0.333 e. The van der Waals surface area contributed by atoms with E-state index < -0.39 is 5.69 Å². The van der Waals surface area contributed by atoms with Crippen molar-refractivity contribution in [2.75, 3.05) is 7.11 Å². The molecule has 5 nitrogen and oxygen atoms in total. The van der Waals surface area contributed by atoms with Gasteiger partial charge in [0, 0.05) is 10.9 Å². The van der Waals surface area contributed by atoms with Crippen molar-refractivity contribution in [1.29, 1.82) is 0 Å². The van der Waals surface area contributed by atoms with Crippen molar-refractivity contribution in [3.63, 3.8) is 0 Å². The summed E-state index contributed by atoms with van der Waals surface area (Å²) < 4.78 is 6.62. The van der Waals surface area contributed by atoms with Gasteiger partial charge >= 0.3 is 5.69 Å². The highest BCUT2D eigenvalue weighted by Crippen LogP contribution is 2.37. The van der Waals surface area contributed by atoms with Crippen molar-refractivity contribution in [1.82, 2.24) is 9.55 Å². The number of nitrogens with zero attached hydrogens (tertiary/aromatic N) is 1. The highest BCUT2D eigenvalue weighted by atomic mass is 35.5. The molecule has 31 heavy (non-hydrogen) atoms. The fraction of sp³-hybridized carbons (Fsp3) is 0.0400. The Bertz CT molecular complexity index is 1580. The van der Waals surface area contributed by atoms with Crippen LogP contribution in [0.25, 0.3) is 38.5 Å². The molecule has 0 saturated carbocycles. The van der Waals surface area contributed by atoms with Crippen LogP contribution in [0.1, 0.15) is 0 Å². The molecule has 0 amide bonds. The van der Waals surface area contributed by atoms with Crippen LogP contribution in [-0.4, -0.2) is 16.7 Å². The number of aromatic amines is 1. The van der Waals surface area contributed by atoms with Crippen molar-refractivity contribution in [2.45, 2.75) is 0 Å². The van der Waals surface area contributed by atoms with Crippen molar-refractivity contribution in [3.8, 4) is 22.6 Å². The Kier molecular flexibility index (Phi) is 4.60. The molecule has 0 fully saturated rings. The molecule has 5 rings (SSSR count). The van der Waals surface area contributed by atoms with E-state index in [2.05, 4.69) is 4.98 Å². The molecule has 0 aliphatic carbocycles. The Balaban J connectivity index is 1.77. The van der Waals surface area contributed by atoms with E-state index in [0.29, 0.717) is 32.9 Å². The van der Waals surface area contributed by atoms with Gasteiger partial charge in [-0.2, -0.15) is 0 Å². The number of rotatable bonds is 3. The minimum atomic E-state index is -0.503. The fourth-order valence-electron chi connectivity index (χ4n) is 3.95. The first-order valence-corrected chi connectivity index (χ1v) is 10.1. The van der Waals surface area contributed by atoms with Crippen LogP contribution in [0.15, 0.2) is 88.5 Å². The number of hydrogen-bond acceptors (Lipinski definition) is 3. The lowest BCUT2D eigenvalue weighted by Crippen LogP contribution is -2.33. The first kappa shape index (κ1) is 19.2. The van der Waals surface area contributed by atoms with Gasteiger partial charge in [0.15, 0.2) is 0 Å². The summed E-state index contributed by atoms with van der Waals surface area (Å²) in [7, 11) is 1.57. The van der Waals surface area contributed by atoms with Crippen LogP contribution >= 0.6 is 11.6 Å². The van der Waals surface area contributed by atoms with Crippen LogP contribution in [0.4, 0.5) is 0 Å². The minimum absolute atomic E-state index is 0.382. The lowest BCUT2D eigenvalue weighted by molar-refractivity contribution is 0.416. The molecular formula is C25H17ClN2O3. The molecule has 0 aliphatic heterocycles. The number of benzene rings is 4. The van der Waals surface area contributed by atoms with Crippen LogP contribution in [0.5, 0.6) is 5.75 Å². The van der Waals surface area contributed by atoms with Gasteiger partial charge in [0.2, 0.25) is 0 Å². The van der Waals surface area contributed by atoms with Gasteiger partial charge < -0.3 is 9.72 Å². The van der Waals surface area contributed by atoms with Crippen LogP contribution in [0, 0.1) is 0 Å². The molecule has 152 valence electrons. The Morgan fingerprint density at radius 3 is 2.48 bits per heavy atom. The molecule has 0 unspecified atom stereocenters. The maximum atomic E-state index is 13.3. The Morgan fingerprint density at radius 1 is 0.871 bits per heavy atom. The number of hydrogen-bond donors (Lipinski definition) is 1. The van der Waals surface area contributed by atoms with E-state index in [1.54, 1.807) is 43.5 Å². The third-order valence-electron chi connectivity index (χ3n) is 5.39. The number of H-pyrrole nitrogens is 1. The molecule has 4 aromatic carbocycles. The zero-order valence-corrected chi connectivity index (χ0v) is 17.3.